The van der Waals surface area contributed by atoms with Crippen molar-refractivity contribution < 1.29 is 23.4 Å². The van der Waals surface area contributed by atoms with Crippen LogP contribution in [-0.4, -0.2) is 11.4 Å². The maximum atomic E-state index is 12.6. The van der Waals surface area contributed by atoms with Crippen LogP contribution in [-0.2, 0) is 0 Å². The lowest BCUT2D eigenvalue weighted by Crippen LogP contribution is -2.25. The average Bonchev–Trinajstić information content (AvgIpc) is 2.49. The van der Waals surface area contributed by atoms with E-state index in [0.717, 1.165) is 0 Å². The first-order valence-corrected chi connectivity index (χ1v) is 4.59. The smallest absolute Gasteiger partial charge is 0.395 e. The lowest BCUT2D eigenvalue weighted by atomic mass is 10.1. The molecular weight excluding hydrogens is 206 g/mol. The van der Waals surface area contributed by atoms with E-state index in [0.29, 0.717) is 12.0 Å². The zero-order valence-electron chi connectivity index (χ0n) is 8.04. The van der Waals surface area contributed by atoms with E-state index in [-0.39, 0.29) is 11.5 Å². The number of rotatable bonds is 2. The molecule has 0 fully saturated rings. The van der Waals surface area contributed by atoms with Crippen molar-refractivity contribution >= 4 is 0 Å². The summed E-state index contributed by atoms with van der Waals surface area (Å²) in [6.07, 6.45) is -3.76. The Morgan fingerprint density at radius 1 is 1.33 bits per heavy atom. The van der Waals surface area contributed by atoms with E-state index in [4.69, 9.17) is 0 Å². The minimum atomic E-state index is -3.60. The number of hydrogen-bond donors (Lipinski definition) is 1. The fourth-order valence-electron chi connectivity index (χ4n) is 1.41. The Morgan fingerprint density at radius 2 is 2.00 bits per heavy atom. The van der Waals surface area contributed by atoms with Crippen LogP contribution in [0.4, 0.5) is 8.78 Å². The predicted molar refractivity (Wildman–Crippen MR) is 47.9 cm³/mol. The van der Waals surface area contributed by atoms with Crippen LogP contribution in [0.25, 0.3) is 0 Å². The third-order valence-electron chi connectivity index (χ3n) is 2.20. The Balaban J connectivity index is 2.30. The first-order valence-electron chi connectivity index (χ1n) is 4.59. The molecule has 0 aliphatic carbocycles. The van der Waals surface area contributed by atoms with Crippen LogP contribution in [0.5, 0.6) is 11.5 Å². The van der Waals surface area contributed by atoms with Crippen LogP contribution in [0.1, 0.15) is 25.0 Å². The second kappa shape index (κ2) is 3.34. The summed E-state index contributed by atoms with van der Waals surface area (Å²) in [5.74, 6) is -0.0444. The van der Waals surface area contributed by atoms with Gasteiger partial charge in [-0.25, -0.2) is 0 Å². The molecule has 0 aromatic heterocycles. The summed E-state index contributed by atoms with van der Waals surface area (Å²) in [5, 5.41) is 9.51. The molecule has 3 nitrogen and oxygen atoms in total. The van der Waals surface area contributed by atoms with Crippen molar-refractivity contribution in [3.05, 3.63) is 23.8 Å². The van der Waals surface area contributed by atoms with Crippen molar-refractivity contribution in [3.63, 3.8) is 0 Å². The van der Waals surface area contributed by atoms with Crippen molar-refractivity contribution in [1.29, 1.82) is 0 Å². The van der Waals surface area contributed by atoms with E-state index in [1.54, 1.807) is 6.92 Å². The largest absolute Gasteiger partial charge is 0.586 e. The molecule has 1 aliphatic rings. The Bertz CT molecular complexity index is 379. The highest BCUT2D eigenvalue weighted by molar-refractivity contribution is 5.45. The molecule has 0 unspecified atom stereocenters. The lowest BCUT2D eigenvalue weighted by molar-refractivity contribution is -0.286. The summed E-state index contributed by atoms with van der Waals surface area (Å²) >= 11 is 0. The van der Waals surface area contributed by atoms with Gasteiger partial charge < -0.3 is 14.6 Å². The standard InChI is InChI=1S/C10H10F2O3/c1-2-7(13)6-3-4-8-9(5-6)15-10(11,12)14-8/h3-5,7,13H,2H2,1H3/t7-/m1/s1. The predicted octanol–water partition coefficient (Wildman–Crippen LogP) is 2.45. The molecule has 0 amide bonds. The van der Waals surface area contributed by atoms with E-state index >= 15 is 0 Å². The van der Waals surface area contributed by atoms with Crippen LogP contribution in [0.15, 0.2) is 18.2 Å². The summed E-state index contributed by atoms with van der Waals surface area (Å²) in [6.45, 7) is 1.80. The number of alkyl halides is 2. The number of aliphatic hydroxyl groups is 1. The molecule has 0 saturated carbocycles. The SMILES string of the molecule is CC[C@@H](O)c1ccc2c(c1)OC(F)(F)O2. The van der Waals surface area contributed by atoms with Gasteiger partial charge in [-0.3, -0.25) is 0 Å². The van der Waals surface area contributed by atoms with Gasteiger partial charge in [0, 0.05) is 0 Å². The maximum absolute atomic E-state index is 12.6. The van der Waals surface area contributed by atoms with E-state index in [1.807, 2.05) is 0 Å². The Kier molecular flexibility index (Phi) is 2.26. The van der Waals surface area contributed by atoms with Crippen molar-refractivity contribution in [3.8, 4) is 11.5 Å². The molecule has 1 aromatic rings. The van der Waals surface area contributed by atoms with Gasteiger partial charge in [-0.05, 0) is 24.1 Å². The Labute approximate surface area is 85.2 Å². The minimum Gasteiger partial charge on any atom is -0.395 e. The van der Waals surface area contributed by atoms with Crippen molar-refractivity contribution in [2.45, 2.75) is 25.7 Å². The second-order valence-electron chi connectivity index (χ2n) is 3.30. The summed E-state index contributed by atoms with van der Waals surface area (Å²) < 4.78 is 33.8. The summed E-state index contributed by atoms with van der Waals surface area (Å²) in [7, 11) is 0. The molecular formula is C10H10F2O3. The second-order valence-corrected chi connectivity index (χ2v) is 3.30. The zero-order chi connectivity index (χ0) is 11.1. The number of aliphatic hydroxyl groups excluding tert-OH is 1. The van der Waals surface area contributed by atoms with Crippen molar-refractivity contribution in [2.24, 2.45) is 0 Å². The molecule has 1 aromatic carbocycles. The maximum Gasteiger partial charge on any atom is 0.586 e. The molecule has 15 heavy (non-hydrogen) atoms. The van der Waals surface area contributed by atoms with Crippen molar-refractivity contribution in [2.75, 3.05) is 0 Å². The van der Waals surface area contributed by atoms with Crippen LogP contribution in [0, 0.1) is 0 Å². The molecule has 0 saturated heterocycles. The molecule has 0 radical (unpaired) electrons. The summed E-state index contributed by atoms with van der Waals surface area (Å²) in [5.41, 5.74) is 0.539. The Hall–Kier alpha value is -1.36. The number of hydrogen-bond acceptors (Lipinski definition) is 3. The van der Waals surface area contributed by atoms with Gasteiger partial charge in [-0.15, -0.1) is 8.78 Å². The van der Waals surface area contributed by atoms with Crippen LogP contribution in [0.3, 0.4) is 0 Å². The van der Waals surface area contributed by atoms with Gasteiger partial charge in [-0.1, -0.05) is 13.0 Å². The molecule has 0 spiro atoms. The third kappa shape index (κ3) is 1.87. The minimum absolute atomic E-state index is 0.00736. The molecule has 1 heterocycles. The zero-order valence-corrected chi connectivity index (χ0v) is 8.04. The van der Waals surface area contributed by atoms with Gasteiger partial charge >= 0.3 is 6.29 Å². The van der Waals surface area contributed by atoms with E-state index in [9.17, 15) is 13.9 Å². The van der Waals surface area contributed by atoms with E-state index in [2.05, 4.69) is 9.47 Å². The monoisotopic (exact) mass is 216 g/mol. The van der Waals surface area contributed by atoms with Crippen LogP contribution < -0.4 is 9.47 Å². The molecule has 1 aliphatic heterocycles. The van der Waals surface area contributed by atoms with E-state index < -0.39 is 12.4 Å². The van der Waals surface area contributed by atoms with Gasteiger partial charge in [0.05, 0.1) is 6.10 Å². The quantitative estimate of drug-likeness (QED) is 0.825. The first-order chi connectivity index (χ1) is 7.02. The number of fused-ring (bicyclic) bond motifs is 1. The Morgan fingerprint density at radius 3 is 2.67 bits per heavy atom. The van der Waals surface area contributed by atoms with Gasteiger partial charge in [0.15, 0.2) is 11.5 Å². The topological polar surface area (TPSA) is 38.7 Å². The lowest BCUT2D eigenvalue weighted by Gasteiger charge is -2.07. The highest BCUT2D eigenvalue weighted by atomic mass is 19.3. The molecule has 5 heteroatoms. The number of benzene rings is 1. The van der Waals surface area contributed by atoms with Crippen LogP contribution in [0.2, 0.25) is 0 Å². The van der Waals surface area contributed by atoms with Crippen molar-refractivity contribution in [1.82, 2.24) is 0 Å². The van der Waals surface area contributed by atoms with Gasteiger partial charge in [0.2, 0.25) is 0 Å². The molecule has 1 N–H and O–H groups in total. The molecule has 0 bridgehead atoms. The highest BCUT2D eigenvalue weighted by Crippen LogP contribution is 2.42. The first kappa shape index (κ1) is 10.2. The average molecular weight is 216 g/mol. The summed E-state index contributed by atoms with van der Waals surface area (Å²) in [6, 6.07) is 4.27. The van der Waals surface area contributed by atoms with Gasteiger partial charge in [0.25, 0.3) is 0 Å². The summed E-state index contributed by atoms with van der Waals surface area (Å²) in [4.78, 5) is 0. The fraction of sp³-hybridized carbons (Fsp3) is 0.400. The number of halogens is 2. The third-order valence-corrected chi connectivity index (χ3v) is 2.20. The molecule has 2 rings (SSSR count). The van der Waals surface area contributed by atoms with Gasteiger partial charge in [-0.2, -0.15) is 0 Å². The van der Waals surface area contributed by atoms with Gasteiger partial charge in [0.1, 0.15) is 0 Å². The highest BCUT2D eigenvalue weighted by Gasteiger charge is 2.43. The van der Waals surface area contributed by atoms with E-state index in [1.165, 1.54) is 18.2 Å². The number of ether oxygens (including phenoxy) is 2. The van der Waals surface area contributed by atoms with Crippen LogP contribution >= 0.6 is 0 Å². The fourth-order valence-corrected chi connectivity index (χ4v) is 1.41. The molecule has 82 valence electrons. The molecule has 1 atom stereocenters. The normalized spacial score (nSPS) is 18.9.